The van der Waals surface area contributed by atoms with Gasteiger partial charge in [0.05, 0.1) is 12.2 Å². The number of aromatic amines is 1. The summed E-state index contributed by atoms with van der Waals surface area (Å²) in [5.74, 6) is -0.405. The Morgan fingerprint density at radius 2 is 1.93 bits per heavy atom. The first-order valence-electron chi connectivity index (χ1n) is 9.06. The third kappa shape index (κ3) is 4.35. The molecule has 1 aromatic carbocycles. The molecule has 2 heterocycles. The Hall–Kier alpha value is -2.71. The molecule has 0 aliphatic carbocycles. The molecule has 8 heteroatoms. The van der Waals surface area contributed by atoms with Crippen LogP contribution in [-0.4, -0.2) is 65.0 Å². The minimum Gasteiger partial charge on any atom is -0.493 e. The maximum absolute atomic E-state index is 12.2. The smallest absolute Gasteiger partial charge is 0.335 e. The van der Waals surface area contributed by atoms with Crippen LogP contribution >= 0.6 is 0 Å². The Labute approximate surface area is 157 Å². The molecule has 0 bridgehead atoms. The van der Waals surface area contributed by atoms with Gasteiger partial charge in [0.2, 0.25) is 5.88 Å². The Bertz CT molecular complexity index is 955. The van der Waals surface area contributed by atoms with Crippen molar-refractivity contribution in [3.8, 4) is 11.6 Å². The van der Waals surface area contributed by atoms with E-state index >= 15 is 0 Å². The van der Waals surface area contributed by atoms with Crippen molar-refractivity contribution in [2.75, 3.05) is 39.3 Å². The second kappa shape index (κ2) is 8.32. The molecule has 0 spiro atoms. The molecule has 27 heavy (non-hydrogen) atoms. The first-order valence-corrected chi connectivity index (χ1v) is 9.06. The van der Waals surface area contributed by atoms with Crippen LogP contribution in [0, 0.1) is 13.8 Å². The monoisotopic (exact) mass is 371 g/mol. The van der Waals surface area contributed by atoms with Gasteiger partial charge in [-0.05, 0) is 37.1 Å². The lowest BCUT2D eigenvalue weighted by Crippen LogP contribution is -2.44. The number of rotatable bonds is 5. The SMILES string of the molecule is Cc1ccc(-n2c(O)c(C=NCCN3CCNCC3)c(=O)[nH]c2=O)cc1C. The quantitative estimate of drug-likeness (QED) is 0.651. The highest BCUT2D eigenvalue weighted by Gasteiger charge is 2.14. The van der Waals surface area contributed by atoms with Gasteiger partial charge in [0.25, 0.3) is 5.56 Å². The van der Waals surface area contributed by atoms with Gasteiger partial charge < -0.3 is 10.4 Å². The maximum atomic E-state index is 12.2. The number of aromatic hydroxyl groups is 1. The number of hydrogen-bond acceptors (Lipinski definition) is 6. The van der Waals surface area contributed by atoms with E-state index < -0.39 is 17.1 Å². The van der Waals surface area contributed by atoms with E-state index in [9.17, 15) is 14.7 Å². The highest BCUT2D eigenvalue weighted by atomic mass is 16.3. The minimum absolute atomic E-state index is 0.0202. The summed E-state index contributed by atoms with van der Waals surface area (Å²) in [6.07, 6.45) is 1.34. The number of nitrogens with zero attached hydrogens (tertiary/aromatic N) is 3. The molecule has 0 atom stereocenters. The zero-order chi connectivity index (χ0) is 19.4. The summed E-state index contributed by atoms with van der Waals surface area (Å²) in [4.78, 5) is 33.2. The summed E-state index contributed by atoms with van der Waals surface area (Å²) in [7, 11) is 0. The molecular weight excluding hydrogens is 346 g/mol. The Balaban J connectivity index is 1.85. The highest BCUT2D eigenvalue weighted by molar-refractivity contribution is 5.82. The van der Waals surface area contributed by atoms with Gasteiger partial charge in [0.1, 0.15) is 5.56 Å². The van der Waals surface area contributed by atoms with Crippen molar-refractivity contribution in [3.05, 3.63) is 55.7 Å². The molecule has 1 aromatic heterocycles. The van der Waals surface area contributed by atoms with E-state index in [2.05, 4.69) is 20.2 Å². The highest BCUT2D eigenvalue weighted by Crippen LogP contribution is 2.18. The number of H-pyrrole nitrogens is 1. The van der Waals surface area contributed by atoms with Gasteiger partial charge in [-0.3, -0.25) is 19.7 Å². The van der Waals surface area contributed by atoms with Crippen molar-refractivity contribution in [1.82, 2.24) is 19.8 Å². The second-order valence-electron chi connectivity index (χ2n) is 6.73. The molecular formula is C19H25N5O3. The number of aliphatic imine (C=N–C) groups is 1. The fourth-order valence-electron chi connectivity index (χ4n) is 3.05. The predicted molar refractivity (Wildman–Crippen MR) is 106 cm³/mol. The lowest BCUT2D eigenvalue weighted by atomic mass is 10.1. The van der Waals surface area contributed by atoms with E-state index in [0.717, 1.165) is 48.4 Å². The van der Waals surface area contributed by atoms with Crippen molar-refractivity contribution in [2.24, 2.45) is 4.99 Å². The van der Waals surface area contributed by atoms with E-state index in [4.69, 9.17) is 0 Å². The summed E-state index contributed by atoms with van der Waals surface area (Å²) < 4.78 is 1.09. The van der Waals surface area contributed by atoms with E-state index in [1.807, 2.05) is 19.9 Å². The van der Waals surface area contributed by atoms with E-state index in [0.29, 0.717) is 12.2 Å². The van der Waals surface area contributed by atoms with Gasteiger partial charge >= 0.3 is 5.69 Å². The molecule has 2 aromatic rings. The molecule has 3 rings (SSSR count). The third-order valence-corrected chi connectivity index (χ3v) is 4.84. The summed E-state index contributed by atoms with van der Waals surface area (Å²) in [5, 5.41) is 13.8. The summed E-state index contributed by atoms with van der Waals surface area (Å²) in [5.41, 5.74) is 1.20. The van der Waals surface area contributed by atoms with Gasteiger partial charge in [-0.25, -0.2) is 9.36 Å². The van der Waals surface area contributed by atoms with Crippen LogP contribution in [0.3, 0.4) is 0 Å². The molecule has 0 radical (unpaired) electrons. The average molecular weight is 371 g/mol. The molecule has 8 nitrogen and oxygen atoms in total. The third-order valence-electron chi connectivity index (χ3n) is 4.84. The number of piperazine rings is 1. The van der Waals surface area contributed by atoms with Crippen LogP contribution in [0.1, 0.15) is 16.7 Å². The Morgan fingerprint density at radius 1 is 1.19 bits per heavy atom. The van der Waals surface area contributed by atoms with E-state index in [1.165, 1.54) is 6.21 Å². The van der Waals surface area contributed by atoms with Crippen molar-refractivity contribution in [2.45, 2.75) is 13.8 Å². The summed E-state index contributed by atoms with van der Waals surface area (Å²) in [6.45, 7) is 9.06. The number of aromatic nitrogens is 2. The van der Waals surface area contributed by atoms with E-state index in [-0.39, 0.29) is 5.56 Å². The van der Waals surface area contributed by atoms with Crippen molar-refractivity contribution >= 4 is 6.21 Å². The topological polar surface area (TPSA) is 103 Å². The zero-order valence-corrected chi connectivity index (χ0v) is 15.7. The molecule has 1 saturated heterocycles. The fourth-order valence-corrected chi connectivity index (χ4v) is 3.05. The summed E-state index contributed by atoms with van der Waals surface area (Å²) >= 11 is 0. The first kappa shape index (κ1) is 19.1. The van der Waals surface area contributed by atoms with E-state index in [1.54, 1.807) is 12.1 Å². The van der Waals surface area contributed by atoms with Crippen LogP contribution in [0.4, 0.5) is 0 Å². The van der Waals surface area contributed by atoms with Crippen molar-refractivity contribution in [1.29, 1.82) is 0 Å². The Morgan fingerprint density at radius 3 is 2.63 bits per heavy atom. The Kier molecular flexibility index (Phi) is 5.88. The molecule has 144 valence electrons. The summed E-state index contributed by atoms with van der Waals surface area (Å²) in [6, 6.07) is 5.38. The van der Waals surface area contributed by atoms with Gasteiger partial charge in [-0.15, -0.1) is 0 Å². The van der Waals surface area contributed by atoms with Crippen LogP contribution < -0.4 is 16.6 Å². The molecule has 1 aliphatic rings. The number of aryl methyl sites for hydroxylation is 2. The number of hydrogen-bond donors (Lipinski definition) is 3. The largest absolute Gasteiger partial charge is 0.493 e. The van der Waals surface area contributed by atoms with Gasteiger partial charge in [-0.1, -0.05) is 6.07 Å². The molecule has 0 unspecified atom stereocenters. The number of benzene rings is 1. The van der Waals surface area contributed by atoms with Gasteiger partial charge in [0.15, 0.2) is 0 Å². The maximum Gasteiger partial charge on any atom is 0.335 e. The van der Waals surface area contributed by atoms with Crippen molar-refractivity contribution in [3.63, 3.8) is 0 Å². The minimum atomic E-state index is -0.682. The van der Waals surface area contributed by atoms with Gasteiger partial charge in [-0.2, -0.15) is 0 Å². The van der Waals surface area contributed by atoms with Crippen LogP contribution in [0.25, 0.3) is 5.69 Å². The van der Waals surface area contributed by atoms with Crippen LogP contribution in [0.2, 0.25) is 0 Å². The molecule has 3 N–H and O–H groups in total. The average Bonchev–Trinajstić information content (AvgIpc) is 2.64. The van der Waals surface area contributed by atoms with Crippen molar-refractivity contribution < 1.29 is 5.11 Å². The lowest BCUT2D eigenvalue weighted by molar-refractivity contribution is 0.248. The predicted octanol–water partition coefficient (Wildman–Crippen LogP) is 0.172. The normalized spacial score (nSPS) is 15.5. The molecule has 1 fully saturated rings. The fraction of sp³-hybridized carbons (Fsp3) is 0.421. The zero-order valence-electron chi connectivity index (χ0n) is 15.7. The molecule has 0 saturated carbocycles. The standard InChI is InChI=1S/C19H25N5O3/c1-13-3-4-15(11-14(13)2)24-18(26)16(17(25)22-19(24)27)12-21-7-10-23-8-5-20-6-9-23/h3-4,11-12,20,26H,5-10H2,1-2H3,(H,22,25,27). The van der Waals surface area contributed by atoms with Gasteiger partial charge in [0, 0.05) is 38.9 Å². The van der Waals surface area contributed by atoms with Crippen LogP contribution in [0.15, 0.2) is 32.8 Å². The first-order chi connectivity index (χ1) is 13.0. The second-order valence-corrected chi connectivity index (χ2v) is 6.73. The number of nitrogens with one attached hydrogen (secondary N) is 2. The van der Waals surface area contributed by atoms with Crippen LogP contribution in [0.5, 0.6) is 5.88 Å². The lowest BCUT2D eigenvalue weighted by Gasteiger charge is -2.26. The molecule has 1 aliphatic heterocycles. The molecule has 0 amide bonds. The van der Waals surface area contributed by atoms with Crippen LogP contribution in [-0.2, 0) is 0 Å².